The molecule has 0 amide bonds. The minimum absolute atomic E-state index is 0.0522. The van der Waals surface area contributed by atoms with Gasteiger partial charge in [-0.05, 0) is 0 Å². The maximum Gasteiger partial charge on any atom is 0.306 e. The monoisotopic (exact) mass is 302 g/mol. The summed E-state index contributed by atoms with van der Waals surface area (Å²) in [5.74, 6) is 0.0996. The summed E-state index contributed by atoms with van der Waals surface area (Å²) in [6, 6.07) is 0. The molecule has 0 aromatic carbocycles. The van der Waals surface area contributed by atoms with Crippen molar-refractivity contribution < 1.29 is 18.3 Å². The highest BCUT2D eigenvalue weighted by molar-refractivity contribution is 8.37. The Morgan fingerprint density at radius 3 is 3.06 bits per heavy atom. The van der Waals surface area contributed by atoms with Gasteiger partial charge in [0.05, 0.1) is 13.0 Å². The minimum atomic E-state index is -2.43. The Balaban J connectivity index is 1.97. The third-order valence-corrected chi connectivity index (χ3v) is 4.24. The van der Waals surface area contributed by atoms with Gasteiger partial charge < -0.3 is 4.74 Å². The quantitative estimate of drug-likeness (QED) is 0.557. The Morgan fingerprint density at radius 2 is 2.47 bits per heavy atom. The second kappa shape index (κ2) is 8.04. The predicted molar refractivity (Wildman–Crippen MR) is 69.6 cm³/mol. The predicted octanol–water partition coefficient (Wildman–Crippen LogP) is 2.13. The van der Waals surface area contributed by atoms with Gasteiger partial charge >= 0.3 is 5.97 Å². The number of thioether (sulfide) groups is 2. The lowest BCUT2D eigenvalue weighted by atomic mass is 10.4. The molecule has 9 heteroatoms. The van der Waals surface area contributed by atoms with Crippen LogP contribution in [0.3, 0.4) is 0 Å². The lowest BCUT2D eigenvalue weighted by molar-refractivity contribution is -0.143. The molecule has 1 heterocycles. The highest BCUT2D eigenvalue weighted by Gasteiger charge is 2.17. The molecule has 0 aromatic heterocycles. The first-order valence-corrected chi connectivity index (χ1v) is 7.19. The number of hydrogen-bond donors (Lipinski definition) is 2. The second-order valence-electron chi connectivity index (χ2n) is 2.99. The van der Waals surface area contributed by atoms with E-state index in [2.05, 4.69) is 27.9 Å². The van der Waals surface area contributed by atoms with Crippen molar-refractivity contribution in [1.29, 1.82) is 0 Å². The summed E-state index contributed by atoms with van der Waals surface area (Å²) in [4.78, 5) is 11.1. The number of thiol groups is 1. The molecule has 0 radical (unpaired) electrons. The fourth-order valence-electron chi connectivity index (χ4n) is 0.911. The van der Waals surface area contributed by atoms with Gasteiger partial charge in [0.2, 0.25) is 6.43 Å². The molecule has 1 atom stereocenters. The number of rotatable bonds is 7. The Morgan fingerprint density at radius 1 is 1.71 bits per heavy atom. The van der Waals surface area contributed by atoms with Crippen LogP contribution >= 0.6 is 36.2 Å². The van der Waals surface area contributed by atoms with E-state index in [1.54, 1.807) is 0 Å². The van der Waals surface area contributed by atoms with Gasteiger partial charge in [-0.1, -0.05) is 11.8 Å². The maximum absolute atomic E-state index is 11.8. The van der Waals surface area contributed by atoms with Crippen LogP contribution in [-0.4, -0.2) is 33.8 Å². The summed E-state index contributed by atoms with van der Waals surface area (Å²) in [5.41, 5.74) is 2.82. The Hall–Kier alpha value is -0.150. The molecule has 1 rings (SSSR count). The number of halogens is 2. The lowest BCUT2D eigenvalue weighted by Crippen LogP contribution is -2.14. The van der Waals surface area contributed by atoms with Gasteiger partial charge in [-0.25, -0.2) is 8.78 Å². The summed E-state index contributed by atoms with van der Waals surface area (Å²) in [7, 11) is 0. The van der Waals surface area contributed by atoms with Gasteiger partial charge in [-0.2, -0.15) is 5.10 Å². The normalized spacial score (nSPS) is 19.1. The first-order chi connectivity index (χ1) is 8.08. The fourth-order valence-corrected chi connectivity index (χ4v) is 3.36. The number of hydrazone groups is 1. The van der Waals surface area contributed by atoms with Crippen LogP contribution in [0.15, 0.2) is 5.10 Å². The van der Waals surface area contributed by atoms with Gasteiger partial charge in [-0.15, -0.1) is 24.4 Å². The summed E-state index contributed by atoms with van der Waals surface area (Å²) in [6.07, 6.45) is -2.63. The average molecular weight is 302 g/mol. The number of hydrogen-bond acceptors (Lipinski definition) is 6. The van der Waals surface area contributed by atoms with Crippen LogP contribution in [0.5, 0.6) is 0 Å². The maximum atomic E-state index is 11.8. The first-order valence-electron chi connectivity index (χ1n) is 4.82. The smallest absolute Gasteiger partial charge is 0.306 e. The molecular formula is C8H12F2N2O2S3. The summed E-state index contributed by atoms with van der Waals surface area (Å²) in [6.45, 7) is -0.221. The topological polar surface area (TPSA) is 50.7 Å². The number of carbonyl (C=O) groups excluding carboxylic acids is 1. The molecule has 0 aromatic rings. The van der Waals surface area contributed by atoms with Crippen molar-refractivity contribution in [1.82, 2.24) is 5.43 Å². The molecule has 0 aliphatic carbocycles. The van der Waals surface area contributed by atoms with Crippen LogP contribution in [0.2, 0.25) is 0 Å². The molecule has 0 saturated carbocycles. The third-order valence-electron chi connectivity index (χ3n) is 1.65. The Labute approximate surface area is 112 Å². The molecule has 1 aliphatic heterocycles. The SMILES string of the molecule is O=C(CCSC1NN=C(S)S1)OCCC(F)F. The van der Waals surface area contributed by atoms with Crippen LogP contribution < -0.4 is 5.43 Å². The number of alkyl halides is 2. The molecule has 0 spiro atoms. The molecule has 1 unspecified atom stereocenters. The van der Waals surface area contributed by atoms with Crippen molar-refractivity contribution in [2.24, 2.45) is 5.10 Å². The van der Waals surface area contributed by atoms with E-state index in [1.807, 2.05) is 0 Å². The summed E-state index contributed by atoms with van der Waals surface area (Å²) >= 11 is 7.00. The zero-order chi connectivity index (χ0) is 12.7. The molecule has 1 aliphatic rings. The molecule has 0 fully saturated rings. The molecule has 0 saturated heterocycles. The fraction of sp³-hybridized carbons (Fsp3) is 0.750. The third kappa shape index (κ3) is 6.99. The van der Waals surface area contributed by atoms with Gasteiger partial charge in [0.25, 0.3) is 0 Å². The van der Waals surface area contributed by atoms with Crippen molar-refractivity contribution >= 4 is 46.5 Å². The zero-order valence-corrected chi connectivity index (χ0v) is 11.3. The van der Waals surface area contributed by atoms with E-state index in [-0.39, 0.29) is 17.7 Å². The molecular weight excluding hydrogens is 290 g/mol. The summed E-state index contributed by atoms with van der Waals surface area (Å²) in [5, 5.41) is 3.86. The van der Waals surface area contributed by atoms with Crippen LogP contribution in [0.25, 0.3) is 0 Å². The van der Waals surface area contributed by atoms with Gasteiger partial charge in [-0.3, -0.25) is 10.2 Å². The Bertz CT molecular complexity index is 292. The number of nitrogens with zero attached hydrogens (tertiary/aromatic N) is 1. The van der Waals surface area contributed by atoms with Crippen LogP contribution in [0.1, 0.15) is 12.8 Å². The zero-order valence-electron chi connectivity index (χ0n) is 8.77. The van der Waals surface area contributed by atoms with Crippen molar-refractivity contribution in [2.75, 3.05) is 12.4 Å². The number of ether oxygens (including phenoxy) is 1. The standard InChI is InChI=1S/C8H12F2N2O2S3/c9-5(10)1-3-14-6(13)2-4-16-8-12-11-7(15)17-8/h5,8,12H,1-4H2,(H,11,15). The van der Waals surface area contributed by atoms with E-state index in [9.17, 15) is 13.6 Å². The Kier molecular flexibility index (Phi) is 7.05. The first kappa shape index (κ1) is 14.9. The van der Waals surface area contributed by atoms with Crippen LogP contribution in [0, 0.1) is 0 Å². The van der Waals surface area contributed by atoms with E-state index >= 15 is 0 Å². The van der Waals surface area contributed by atoms with E-state index < -0.39 is 18.8 Å². The second-order valence-corrected chi connectivity index (χ2v) is 6.33. The van der Waals surface area contributed by atoms with Crippen molar-refractivity contribution in [3.8, 4) is 0 Å². The van der Waals surface area contributed by atoms with E-state index in [0.29, 0.717) is 10.1 Å². The molecule has 0 bridgehead atoms. The largest absolute Gasteiger partial charge is 0.465 e. The minimum Gasteiger partial charge on any atom is -0.465 e. The highest BCUT2D eigenvalue weighted by Crippen LogP contribution is 2.28. The number of esters is 1. The number of carbonyl (C=O) groups is 1. The van der Waals surface area contributed by atoms with Crippen LogP contribution in [-0.2, 0) is 9.53 Å². The van der Waals surface area contributed by atoms with Crippen LogP contribution in [0.4, 0.5) is 8.78 Å². The summed E-state index contributed by atoms with van der Waals surface area (Å²) < 4.78 is 28.8. The van der Waals surface area contributed by atoms with Gasteiger partial charge in [0.1, 0.15) is 9.08 Å². The van der Waals surface area contributed by atoms with Gasteiger partial charge in [0.15, 0.2) is 0 Å². The number of nitrogens with one attached hydrogen (secondary N) is 1. The highest BCUT2D eigenvalue weighted by atomic mass is 32.2. The molecule has 98 valence electrons. The van der Waals surface area contributed by atoms with E-state index in [4.69, 9.17) is 0 Å². The van der Waals surface area contributed by atoms with Crippen molar-refractivity contribution in [2.45, 2.75) is 24.0 Å². The van der Waals surface area contributed by atoms with Gasteiger partial charge in [0, 0.05) is 12.2 Å². The molecule has 1 N–H and O–H groups in total. The average Bonchev–Trinajstić information content (AvgIpc) is 2.63. The van der Waals surface area contributed by atoms with Crippen molar-refractivity contribution in [3.05, 3.63) is 0 Å². The molecule has 4 nitrogen and oxygen atoms in total. The van der Waals surface area contributed by atoms with E-state index in [0.717, 1.165) is 0 Å². The van der Waals surface area contributed by atoms with E-state index in [1.165, 1.54) is 23.5 Å². The lowest BCUT2D eigenvalue weighted by Gasteiger charge is -2.08. The molecule has 17 heavy (non-hydrogen) atoms. The van der Waals surface area contributed by atoms with Crippen molar-refractivity contribution in [3.63, 3.8) is 0 Å².